The highest BCUT2D eigenvalue weighted by molar-refractivity contribution is 6.07. The molecule has 1 saturated carbocycles. The van der Waals surface area contributed by atoms with Gasteiger partial charge in [-0.3, -0.25) is 9.48 Å². The van der Waals surface area contributed by atoms with Gasteiger partial charge in [0.25, 0.3) is 5.91 Å². The maximum Gasteiger partial charge on any atom is 0.252 e. The molecular formula is C20H22N4O. The molecule has 1 aliphatic rings. The minimum absolute atomic E-state index is 0.00497. The van der Waals surface area contributed by atoms with Crippen molar-refractivity contribution in [3.8, 4) is 11.3 Å². The molecule has 5 nitrogen and oxygen atoms in total. The predicted octanol–water partition coefficient (Wildman–Crippen LogP) is 3.79. The van der Waals surface area contributed by atoms with E-state index < -0.39 is 0 Å². The second kappa shape index (κ2) is 6.67. The number of pyridine rings is 1. The summed E-state index contributed by atoms with van der Waals surface area (Å²) < 4.78 is 1.87. The lowest BCUT2D eigenvalue weighted by molar-refractivity contribution is 0.0939. The van der Waals surface area contributed by atoms with Crippen LogP contribution >= 0.6 is 0 Å². The van der Waals surface area contributed by atoms with E-state index >= 15 is 0 Å². The number of hydrogen-bond acceptors (Lipinski definition) is 3. The molecule has 0 saturated heterocycles. The van der Waals surface area contributed by atoms with Crippen molar-refractivity contribution in [2.45, 2.75) is 45.2 Å². The molecule has 3 aromatic rings. The lowest BCUT2D eigenvalue weighted by Gasteiger charge is -2.14. The number of para-hydroxylation sites is 1. The largest absolute Gasteiger partial charge is 0.349 e. The second-order valence-electron chi connectivity index (χ2n) is 6.61. The van der Waals surface area contributed by atoms with Crippen LogP contribution in [-0.4, -0.2) is 26.7 Å². The van der Waals surface area contributed by atoms with Gasteiger partial charge in [0, 0.05) is 29.7 Å². The second-order valence-corrected chi connectivity index (χ2v) is 6.61. The highest BCUT2D eigenvalue weighted by atomic mass is 16.1. The first kappa shape index (κ1) is 15.8. The van der Waals surface area contributed by atoms with Crippen LogP contribution in [0, 0.1) is 0 Å². The first-order chi connectivity index (χ1) is 12.2. The van der Waals surface area contributed by atoms with Crippen molar-refractivity contribution in [3.05, 3.63) is 48.3 Å². The van der Waals surface area contributed by atoms with E-state index in [1.807, 2.05) is 48.1 Å². The van der Waals surface area contributed by atoms with Gasteiger partial charge < -0.3 is 5.32 Å². The third-order valence-electron chi connectivity index (χ3n) is 4.90. The summed E-state index contributed by atoms with van der Waals surface area (Å²) in [6, 6.07) is 10.0. The summed E-state index contributed by atoms with van der Waals surface area (Å²) in [5.41, 5.74) is 3.25. The van der Waals surface area contributed by atoms with Crippen molar-refractivity contribution >= 4 is 16.8 Å². The van der Waals surface area contributed by atoms with Crippen LogP contribution in [0.15, 0.2) is 42.7 Å². The van der Waals surface area contributed by atoms with Crippen LogP contribution in [0.4, 0.5) is 0 Å². The van der Waals surface area contributed by atoms with Gasteiger partial charge >= 0.3 is 0 Å². The molecule has 0 atom stereocenters. The molecule has 5 heteroatoms. The Hall–Kier alpha value is -2.69. The monoisotopic (exact) mass is 334 g/mol. The third kappa shape index (κ3) is 3.14. The van der Waals surface area contributed by atoms with Gasteiger partial charge in [0.2, 0.25) is 0 Å². The number of amides is 1. The molecule has 0 aliphatic heterocycles. The normalized spacial score (nSPS) is 14.9. The Bertz CT molecular complexity index is 909. The Kier molecular flexibility index (Phi) is 4.22. The Morgan fingerprint density at radius 1 is 1.28 bits per heavy atom. The van der Waals surface area contributed by atoms with Crippen molar-refractivity contribution < 1.29 is 4.79 Å². The fourth-order valence-corrected chi connectivity index (χ4v) is 3.51. The number of fused-ring (bicyclic) bond motifs is 1. The van der Waals surface area contributed by atoms with Crippen LogP contribution in [0.5, 0.6) is 0 Å². The van der Waals surface area contributed by atoms with Crippen LogP contribution in [0.25, 0.3) is 22.2 Å². The first-order valence-electron chi connectivity index (χ1n) is 8.98. The summed E-state index contributed by atoms with van der Waals surface area (Å²) in [7, 11) is 0. The summed E-state index contributed by atoms with van der Waals surface area (Å²) in [4.78, 5) is 17.6. The minimum atomic E-state index is -0.00497. The molecule has 1 aromatic carbocycles. The number of hydrogen-bond donors (Lipinski definition) is 1. The molecule has 0 radical (unpaired) electrons. The molecule has 0 spiro atoms. The zero-order valence-electron chi connectivity index (χ0n) is 14.4. The van der Waals surface area contributed by atoms with Gasteiger partial charge in [-0.2, -0.15) is 5.10 Å². The zero-order valence-corrected chi connectivity index (χ0v) is 14.4. The Morgan fingerprint density at radius 2 is 2.08 bits per heavy atom. The first-order valence-corrected chi connectivity index (χ1v) is 8.98. The molecule has 4 rings (SSSR count). The molecular weight excluding hydrogens is 312 g/mol. The molecule has 2 aromatic heterocycles. The molecule has 1 fully saturated rings. The number of carbonyl (C=O) groups is 1. The van der Waals surface area contributed by atoms with Crippen LogP contribution in [0.2, 0.25) is 0 Å². The van der Waals surface area contributed by atoms with Crippen molar-refractivity contribution in [2.75, 3.05) is 0 Å². The quantitative estimate of drug-likeness (QED) is 0.789. The number of nitrogens with zero attached hydrogens (tertiary/aromatic N) is 3. The molecule has 1 amide bonds. The van der Waals surface area contributed by atoms with Gasteiger partial charge in [0.1, 0.15) is 0 Å². The van der Waals surface area contributed by atoms with Gasteiger partial charge in [-0.15, -0.1) is 0 Å². The fourth-order valence-electron chi connectivity index (χ4n) is 3.51. The summed E-state index contributed by atoms with van der Waals surface area (Å²) >= 11 is 0. The third-order valence-corrected chi connectivity index (χ3v) is 4.90. The molecule has 1 N–H and O–H groups in total. The lowest BCUT2D eigenvalue weighted by atomic mass is 10.0. The number of aryl methyl sites for hydroxylation is 1. The predicted molar refractivity (Wildman–Crippen MR) is 98.4 cm³/mol. The van der Waals surface area contributed by atoms with E-state index in [-0.39, 0.29) is 5.91 Å². The van der Waals surface area contributed by atoms with Gasteiger partial charge in [-0.05, 0) is 31.9 Å². The Balaban J connectivity index is 1.76. The smallest absolute Gasteiger partial charge is 0.252 e. The van der Waals surface area contributed by atoms with Gasteiger partial charge in [0.15, 0.2) is 0 Å². The molecule has 1 aliphatic carbocycles. The summed E-state index contributed by atoms with van der Waals surface area (Å²) in [6.07, 6.45) is 8.32. The molecule has 128 valence electrons. The van der Waals surface area contributed by atoms with Crippen molar-refractivity contribution in [1.82, 2.24) is 20.1 Å². The summed E-state index contributed by atoms with van der Waals surface area (Å²) in [5.74, 6) is -0.00497. The van der Waals surface area contributed by atoms with E-state index in [1.54, 1.807) is 6.20 Å². The number of carbonyl (C=O) groups excluding carboxylic acids is 1. The van der Waals surface area contributed by atoms with Gasteiger partial charge in [0.05, 0.1) is 23.0 Å². The Labute approximate surface area is 147 Å². The number of aromatic nitrogens is 3. The van der Waals surface area contributed by atoms with Crippen molar-refractivity contribution in [1.29, 1.82) is 0 Å². The standard InChI is InChI=1S/C20H22N4O/c1-2-24-13-14(12-21-24)19-11-17(16-9-5-6-10-18(16)23-19)20(25)22-15-7-3-4-8-15/h5-6,9-13,15H,2-4,7-8H2,1H3,(H,22,25). The van der Waals surface area contributed by atoms with Crippen LogP contribution in [0.3, 0.4) is 0 Å². The van der Waals surface area contributed by atoms with Crippen molar-refractivity contribution in [3.63, 3.8) is 0 Å². The van der Waals surface area contributed by atoms with E-state index in [9.17, 15) is 4.79 Å². The van der Waals surface area contributed by atoms with E-state index in [4.69, 9.17) is 4.98 Å². The highest BCUT2D eigenvalue weighted by Gasteiger charge is 2.20. The summed E-state index contributed by atoms with van der Waals surface area (Å²) in [6.45, 7) is 2.85. The lowest BCUT2D eigenvalue weighted by Crippen LogP contribution is -2.32. The topological polar surface area (TPSA) is 59.8 Å². The molecule has 25 heavy (non-hydrogen) atoms. The number of nitrogens with one attached hydrogen (secondary N) is 1. The average Bonchev–Trinajstić information content (AvgIpc) is 3.32. The van der Waals surface area contributed by atoms with Crippen LogP contribution in [0.1, 0.15) is 43.0 Å². The van der Waals surface area contributed by atoms with Crippen LogP contribution in [-0.2, 0) is 6.54 Å². The van der Waals surface area contributed by atoms with E-state index in [0.717, 1.165) is 41.5 Å². The Morgan fingerprint density at radius 3 is 2.84 bits per heavy atom. The SMILES string of the molecule is CCn1cc(-c2cc(C(=O)NC3CCCC3)c3ccccc3n2)cn1. The summed E-state index contributed by atoms with van der Waals surface area (Å²) in [5, 5.41) is 8.41. The van der Waals surface area contributed by atoms with Gasteiger partial charge in [-0.25, -0.2) is 4.98 Å². The van der Waals surface area contributed by atoms with E-state index in [2.05, 4.69) is 10.4 Å². The van der Waals surface area contributed by atoms with Crippen LogP contribution < -0.4 is 5.32 Å². The number of benzene rings is 1. The zero-order chi connectivity index (χ0) is 17.2. The highest BCUT2D eigenvalue weighted by Crippen LogP contribution is 2.25. The number of rotatable bonds is 4. The van der Waals surface area contributed by atoms with E-state index in [1.165, 1.54) is 12.8 Å². The maximum atomic E-state index is 12.9. The van der Waals surface area contributed by atoms with Crippen molar-refractivity contribution in [2.24, 2.45) is 0 Å². The maximum absolute atomic E-state index is 12.9. The fraction of sp³-hybridized carbons (Fsp3) is 0.350. The minimum Gasteiger partial charge on any atom is -0.349 e. The van der Waals surface area contributed by atoms with Gasteiger partial charge in [-0.1, -0.05) is 31.0 Å². The average molecular weight is 334 g/mol. The van der Waals surface area contributed by atoms with E-state index in [0.29, 0.717) is 11.6 Å². The molecule has 0 bridgehead atoms. The molecule has 0 unspecified atom stereocenters. The molecule has 2 heterocycles.